The van der Waals surface area contributed by atoms with Crippen molar-refractivity contribution in [3.8, 4) is 0 Å². The fourth-order valence-corrected chi connectivity index (χ4v) is 0.313. The van der Waals surface area contributed by atoms with E-state index in [0.717, 1.165) is 0 Å². The van der Waals surface area contributed by atoms with Crippen LogP contribution >= 0.6 is 0 Å². The SMILES string of the molecule is O=[As](O)(O)O.c1ccncc1. The van der Waals surface area contributed by atoms with Gasteiger partial charge in [0.15, 0.2) is 0 Å². The Hall–Kier alpha value is -0.612. The van der Waals surface area contributed by atoms with Crippen LogP contribution in [0.5, 0.6) is 0 Å². The molecule has 1 heterocycles. The molecule has 0 aliphatic carbocycles. The molecular formula is C5H8AsNO4. The molecule has 1 aromatic heterocycles. The van der Waals surface area contributed by atoms with E-state index in [1.807, 2.05) is 18.2 Å². The maximum Gasteiger partial charge on any atom is 0.0267 e. The Balaban J connectivity index is 0.000000187. The molecule has 0 aromatic carbocycles. The van der Waals surface area contributed by atoms with Crippen molar-refractivity contribution >= 4 is 14.5 Å². The van der Waals surface area contributed by atoms with Gasteiger partial charge in [0.1, 0.15) is 0 Å². The summed E-state index contributed by atoms with van der Waals surface area (Å²) in [6.45, 7) is 0. The van der Waals surface area contributed by atoms with Crippen molar-refractivity contribution in [2.24, 2.45) is 0 Å². The Kier molecular flexibility index (Phi) is 4.81. The number of nitrogens with zero attached hydrogens (tertiary/aromatic N) is 1. The van der Waals surface area contributed by atoms with Crippen molar-refractivity contribution in [3.05, 3.63) is 30.6 Å². The smallest absolute Gasteiger partial charge is 0.0267 e. The molecule has 1 rings (SSSR count). The van der Waals surface area contributed by atoms with Crippen molar-refractivity contribution in [2.45, 2.75) is 0 Å². The summed E-state index contributed by atoms with van der Waals surface area (Å²) in [6, 6.07) is 5.72. The largest absolute Gasteiger partial charge is 0.265 e. The topological polar surface area (TPSA) is 90.7 Å². The third-order valence-corrected chi connectivity index (χ3v) is 0.566. The monoisotopic (exact) mass is 221 g/mol. The fraction of sp³-hybridized carbons (Fsp3) is 0. The van der Waals surface area contributed by atoms with Crippen molar-refractivity contribution in [1.29, 1.82) is 0 Å². The molecule has 11 heavy (non-hydrogen) atoms. The minimum atomic E-state index is -5.12. The molecule has 1 aromatic rings. The van der Waals surface area contributed by atoms with Gasteiger partial charge in [-0.1, -0.05) is 6.07 Å². The summed E-state index contributed by atoms with van der Waals surface area (Å²) in [4.78, 5) is 3.78. The zero-order valence-electron chi connectivity index (χ0n) is 5.53. The van der Waals surface area contributed by atoms with E-state index < -0.39 is 14.5 Å². The summed E-state index contributed by atoms with van der Waals surface area (Å²) in [5, 5.41) is 0. The van der Waals surface area contributed by atoms with Crippen LogP contribution in [0, 0.1) is 0 Å². The fourth-order valence-electron chi connectivity index (χ4n) is 0.313. The zero-order valence-corrected chi connectivity index (χ0v) is 7.41. The molecule has 0 spiro atoms. The first-order valence-corrected chi connectivity index (χ1v) is 5.92. The quantitative estimate of drug-likeness (QED) is 0.484. The van der Waals surface area contributed by atoms with Gasteiger partial charge < -0.3 is 0 Å². The first-order chi connectivity index (χ1) is 5.00. The van der Waals surface area contributed by atoms with Gasteiger partial charge in [-0.25, -0.2) is 0 Å². The second-order valence-corrected chi connectivity index (χ2v) is 3.69. The predicted molar refractivity (Wildman–Crippen MR) is 37.3 cm³/mol. The Morgan fingerprint density at radius 3 is 1.45 bits per heavy atom. The van der Waals surface area contributed by atoms with Gasteiger partial charge in [-0.2, -0.15) is 0 Å². The third kappa shape index (κ3) is 17.7. The molecule has 0 saturated carbocycles. The van der Waals surface area contributed by atoms with E-state index in [1.165, 1.54) is 0 Å². The second-order valence-electron chi connectivity index (χ2n) is 1.54. The van der Waals surface area contributed by atoms with Crippen LogP contribution in [0.2, 0.25) is 0 Å². The maximum atomic E-state index is 8.94. The number of hydrogen-bond donors (Lipinski definition) is 3. The van der Waals surface area contributed by atoms with E-state index in [-0.39, 0.29) is 0 Å². The molecule has 0 radical (unpaired) electrons. The molecule has 6 heteroatoms. The van der Waals surface area contributed by atoms with Crippen molar-refractivity contribution < 1.29 is 16.0 Å². The van der Waals surface area contributed by atoms with E-state index in [4.69, 9.17) is 16.0 Å². The number of hydrogen-bond acceptors (Lipinski definition) is 2. The number of pyridine rings is 1. The van der Waals surface area contributed by atoms with Gasteiger partial charge in [-0.3, -0.25) is 4.98 Å². The summed E-state index contributed by atoms with van der Waals surface area (Å²) in [5.41, 5.74) is 0. The molecule has 0 aliphatic heterocycles. The van der Waals surface area contributed by atoms with Crippen LogP contribution in [0.4, 0.5) is 0 Å². The van der Waals surface area contributed by atoms with Crippen molar-refractivity contribution in [1.82, 2.24) is 4.98 Å². The van der Waals surface area contributed by atoms with Crippen LogP contribution in [-0.4, -0.2) is 31.8 Å². The van der Waals surface area contributed by atoms with Gasteiger partial charge in [0.2, 0.25) is 0 Å². The standard InChI is InChI=1S/C5H5N.AsH3O4/c1-2-4-6-5-3-1;2-1(3,4)5/h1-5H;(H3,2,3,4,5). The molecule has 0 fully saturated rings. The zero-order chi connectivity index (χ0) is 8.74. The summed E-state index contributed by atoms with van der Waals surface area (Å²) in [6.07, 6.45) is 3.50. The van der Waals surface area contributed by atoms with Gasteiger partial charge in [-0.15, -0.1) is 0 Å². The van der Waals surface area contributed by atoms with Crippen LogP contribution < -0.4 is 0 Å². The van der Waals surface area contributed by atoms with Gasteiger partial charge >= 0.3 is 30.5 Å². The summed E-state index contributed by atoms with van der Waals surface area (Å²) < 4.78 is 30.7. The molecule has 0 bridgehead atoms. The van der Waals surface area contributed by atoms with Crippen LogP contribution in [0.15, 0.2) is 30.6 Å². The summed E-state index contributed by atoms with van der Waals surface area (Å²) in [5.74, 6) is 0. The Morgan fingerprint density at radius 1 is 1.00 bits per heavy atom. The van der Waals surface area contributed by atoms with E-state index in [0.29, 0.717) is 0 Å². The van der Waals surface area contributed by atoms with Gasteiger partial charge in [-0.05, 0) is 12.1 Å². The number of aromatic nitrogens is 1. The van der Waals surface area contributed by atoms with E-state index in [2.05, 4.69) is 4.98 Å². The molecule has 0 amide bonds. The van der Waals surface area contributed by atoms with Gasteiger partial charge in [0.25, 0.3) is 0 Å². The van der Waals surface area contributed by atoms with Crippen LogP contribution in [0.1, 0.15) is 0 Å². The minimum absolute atomic E-state index is 1.75. The Morgan fingerprint density at radius 2 is 1.36 bits per heavy atom. The van der Waals surface area contributed by atoms with Crippen LogP contribution in [0.3, 0.4) is 0 Å². The van der Waals surface area contributed by atoms with E-state index in [1.54, 1.807) is 12.4 Å². The van der Waals surface area contributed by atoms with Gasteiger partial charge in [0.05, 0.1) is 0 Å². The van der Waals surface area contributed by atoms with E-state index >= 15 is 0 Å². The molecular weight excluding hydrogens is 213 g/mol. The first-order valence-electron chi connectivity index (χ1n) is 2.63. The normalized spacial score (nSPS) is 9.73. The Bertz CT molecular complexity index is 186. The summed E-state index contributed by atoms with van der Waals surface area (Å²) >= 11 is -5.12. The molecule has 0 saturated heterocycles. The van der Waals surface area contributed by atoms with Crippen molar-refractivity contribution in [3.63, 3.8) is 0 Å². The van der Waals surface area contributed by atoms with Gasteiger partial charge in [0, 0.05) is 12.4 Å². The molecule has 0 atom stereocenters. The third-order valence-electron chi connectivity index (χ3n) is 0.566. The maximum absolute atomic E-state index is 8.94. The average molecular weight is 221 g/mol. The van der Waals surface area contributed by atoms with E-state index in [9.17, 15) is 0 Å². The van der Waals surface area contributed by atoms with Crippen LogP contribution in [0.25, 0.3) is 0 Å². The average Bonchev–Trinajstić information content (AvgIpc) is 1.88. The Labute approximate surface area is 66.7 Å². The molecule has 3 N–H and O–H groups in total. The van der Waals surface area contributed by atoms with Crippen LogP contribution in [-0.2, 0) is 3.74 Å². The molecule has 0 unspecified atom stereocenters. The first kappa shape index (κ1) is 10.4. The second kappa shape index (κ2) is 5.09. The molecule has 0 aliphatic rings. The molecule has 62 valence electrons. The minimum Gasteiger partial charge on any atom is -0.265 e. The molecule has 5 nitrogen and oxygen atoms in total. The predicted octanol–water partition coefficient (Wildman–Crippen LogP) is -1.09. The van der Waals surface area contributed by atoms with Crippen molar-refractivity contribution in [2.75, 3.05) is 0 Å². The summed E-state index contributed by atoms with van der Waals surface area (Å²) in [7, 11) is 0. The number of rotatable bonds is 0.